The van der Waals surface area contributed by atoms with Crippen LogP contribution in [0.25, 0.3) is 0 Å². The van der Waals surface area contributed by atoms with Crippen molar-refractivity contribution < 1.29 is 17.9 Å². The maximum atomic E-state index is 12.4. The summed E-state index contributed by atoms with van der Waals surface area (Å²) >= 11 is 0. The second kappa shape index (κ2) is 10.2. The Balaban J connectivity index is 1.52. The number of carbonyl (C=O) groups excluding carboxylic acids is 1. The van der Waals surface area contributed by atoms with Crippen molar-refractivity contribution in [2.75, 3.05) is 25.5 Å². The van der Waals surface area contributed by atoms with Gasteiger partial charge in [0.25, 0.3) is 0 Å². The number of benzene rings is 2. The fourth-order valence-electron chi connectivity index (χ4n) is 3.13. The van der Waals surface area contributed by atoms with E-state index >= 15 is 0 Å². The molecule has 0 bridgehead atoms. The van der Waals surface area contributed by atoms with Gasteiger partial charge in [-0.1, -0.05) is 38.1 Å². The first-order chi connectivity index (χ1) is 14.8. The summed E-state index contributed by atoms with van der Waals surface area (Å²) < 4.78 is 32.8. The molecule has 0 radical (unpaired) electrons. The average molecular weight is 446 g/mol. The Labute approximate surface area is 184 Å². The van der Waals surface area contributed by atoms with E-state index in [0.29, 0.717) is 23.9 Å². The first-order valence-corrected chi connectivity index (χ1v) is 12.1. The van der Waals surface area contributed by atoms with Crippen LogP contribution in [0.3, 0.4) is 0 Å². The normalized spacial score (nSPS) is 13.8. The highest BCUT2D eigenvalue weighted by molar-refractivity contribution is 7.89. The fraction of sp³-hybridized carbons (Fsp3) is 0.435. The minimum atomic E-state index is -3.58. The van der Waals surface area contributed by atoms with Crippen molar-refractivity contribution in [2.45, 2.75) is 50.0 Å². The van der Waals surface area contributed by atoms with Crippen molar-refractivity contribution in [3.8, 4) is 5.75 Å². The molecule has 3 rings (SSSR count). The molecule has 8 heteroatoms. The van der Waals surface area contributed by atoms with Crippen molar-refractivity contribution in [2.24, 2.45) is 0 Å². The molecule has 2 aromatic rings. The van der Waals surface area contributed by atoms with Crippen LogP contribution >= 0.6 is 0 Å². The molecule has 0 saturated heterocycles. The second-order valence-corrected chi connectivity index (χ2v) is 9.82. The van der Waals surface area contributed by atoms with Crippen molar-refractivity contribution >= 4 is 21.6 Å². The molecule has 1 saturated carbocycles. The molecule has 0 atom stereocenters. The van der Waals surface area contributed by atoms with Gasteiger partial charge in [-0.3, -0.25) is 4.79 Å². The van der Waals surface area contributed by atoms with Crippen LogP contribution in [0.15, 0.2) is 47.4 Å². The summed E-state index contributed by atoms with van der Waals surface area (Å²) in [6.45, 7) is 4.86. The highest BCUT2D eigenvalue weighted by Gasteiger charge is 2.28. The minimum absolute atomic E-state index is 0.0161. The fourth-order valence-corrected chi connectivity index (χ4v) is 4.47. The lowest BCUT2D eigenvalue weighted by atomic mass is 10.0. The SMILES string of the molecule is COc1ccc(S(=O)(=O)NC2CC2)cc1NCC(=O)NCCc1ccc(C(C)C)cc1. The summed E-state index contributed by atoms with van der Waals surface area (Å²) in [5.41, 5.74) is 2.92. The first-order valence-electron chi connectivity index (χ1n) is 10.6. The summed E-state index contributed by atoms with van der Waals surface area (Å²) in [6, 6.07) is 13.0. The molecule has 0 aliphatic heterocycles. The highest BCUT2D eigenvalue weighted by Crippen LogP contribution is 2.29. The Morgan fingerprint density at radius 1 is 1.13 bits per heavy atom. The summed E-state index contributed by atoms with van der Waals surface area (Å²) in [7, 11) is -2.08. The lowest BCUT2D eigenvalue weighted by Crippen LogP contribution is -2.31. The third-order valence-electron chi connectivity index (χ3n) is 5.20. The number of nitrogens with one attached hydrogen (secondary N) is 3. The molecular formula is C23H31N3O4S. The molecule has 168 valence electrons. The summed E-state index contributed by atoms with van der Waals surface area (Å²) in [4.78, 5) is 12.4. The lowest BCUT2D eigenvalue weighted by Gasteiger charge is -2.14. The summed E-state index contributed by atoms with van der Waals surface area (Å²) in [5, 5.41) is 5.87. The van der Waals surface area contributed by atoms with Crippen LogP contribution in [-0.2, 0) is 21.2 Å². The minimum Gasteiger partial charge on any atom is -0.495 e. The third kappa shape index (κ3) is 6.70. The van der Waals surface area contributed by atoms with Crippen LogP contribution in [0, 0.1) is 0 Å². The van der Waals surface area contributed by atoms with Gasteiger partial charge in [0.1, 0.15) is 5.75 Å². The predicted molar refractivity (Wildman–Crippen MR) is 122 cm³/mol. The number of methoxy groups -OCH3 is 1. The number of anilines is 1. The van der Waals surface area contributed by atoms with Crippen LogP contribution in [0.1, 0.15) is 43.7 Å². The van der Waals surface area contributed by atoms with Gasteiger partial charge in [0.05, 0.1) is 24.2 Å². The number of carbonyl (C=O) groups is 1. The standard InChI is InChI=1S/C23H31N3O4S/c1-16(2)18-6-4-17(5-7-18)12-13-24-23(27)15-25-21-14-20(10-11-22(21)30-3)31(28,29)26-19-8-9-19/h4-7,10-11,14,16,19,25-26H,8-9,12-13,15H2,1-3H3,(H,24,27). The van der Waals surface area contributed by atoms with E-state index < -0.39 is 10.0 Å². The Kier molecular flexibility index (Phi) is 7.56. The molecule has 7 nitrogen and oxygen atoms in total. The van der Waals surface area contributed by atoms with E-state index in [9.17, 15) is 13.2 Å². The van der Waals surface area contributed by atoms with E-state index in [1.165, 1.54) is 30.4 Å². The molecule has 1 amide bonds. The number of ether oxygens (including phenoxy) is 1. The molecule has 31 heavy (non-hydrogen) atoms. The predicted octanol–water partition coefficient (Wildman–Crippen LogP) is 3.03. The van der Waals surface area contributed by atoms with Gasteiger partial charge in [-0.15, -0.1) is 0 Å². The largest absolute Gasteiger partial charge is 0.495 e. The highest BCUT2D eigenvalue weighted by atomic mass is 32.2. The van der Waals surface area contributed by atoms with Crippen molar-refractivity contribution in [1.82, 2.24) is 10.0 Å². The summed E-state index contributed by atoms with van der Waals surface area (Å²) in [6.07, 6.45) is 2.47. The Hall–Kier alpha value is -2.58. The van der Waals surface area contributed by atoms with Crippen LogP contribution in [0.2, 0.25) is 0 Å². The number of amides is 1. The van der Waals surface area contributed by atoms with Crippen LogP contribution in [0.4, 0.5) is 5.69 Å². The van der Waals surface area contributed by atoms with Gasteiger partial charge in [-0.25, -0.2) is 13.1 Å². The second-order valence-electron chi connectivity index (χ2n) is 8.11. The van der Waals surface area contributed by atoms with Gasteiger partial charge >= 0.3 is 0 Å². The summed E-state index contributed by atoms with van der Waals surface area (Å²) in [5.74, 6) is 0.795. The van der Waals surface area contributed by atoms with Crippen LogP contribution in [-0.4, -0.2) is 40.6 Å². The molecule has 0 spiro atoms. The molecule has 1 aliphatic rings. The quantitative estimate of drug-likeness (QED) is 0.494. The molecule has 1 fully saturated rings. The molecule has 1 aliphatic carbocycles. The number of hydrogen-bond donors (Lipinski definition) is 3. The number of hydrogen-bond acceptors (Lipinski definition) is 5. The smallest absolute Gasteiger partial charge is 0.240 e. The van der Waals surface area contributed by atoms with Crippen molar-refractivity contribution in [3.63, 3.8) is 0 Å². The van der Waals surface area contributed by atoms with Gasteiger partial charge < -0.3 is 15.4 Å². The van der Waals surface area contributed by atoms with E-state index in [1.54, 1.807) is 6.07 Å². The first kappa shape index (κ1) is 23.1. The molecule has 0 unspecified atom stereocenters. The zero-order valence-corrected chi connectivity index (χ0v) is 19.1. The Morgan fingerprint density at radius 3 is 2.45 bits per heavy atom. The third-order valence-corrected chi connectivity index (χ3v) is 6.72. The Bertz CT molecular complexity index is 1000. The maximum absolute atomic E-state index is 12.4. The number of rotatable bonds is 11. The van der Waals surface area contributed by atoms with E-state index in [0.717, 1.165) is 19.3 Å². The topological polar surface area (TPSA) is 96.5 Å². The van der Waals surface area contributed by atoms with Gasteiger partial charge in [0, 0.05) is 12.6 Å². The van der Waals surface area contributed by atoms with Gasteiger partial charge in [0.15, 0.2) is 0 Å². The zero-order valence-electron chi connectivity index (χ0n) is 18.3. The van der Waals surface area contributed by atoms with Crippen molar-refractivity contribution in [1.29, 1.82) is 0 Å². The van der Waals surface area contributed by atoms with E-state index in [2.05, 4.69) is 53.5 Å². The maximum Gasteiger partial charge on any atom is 0.240 e. The molecular weight excluding hydrogens is 414 g/mol. The lowest BCUT2D eigenvalue weighted by molar-refractivity contribution is -0.119. The molecule has 3 N–H and O–H groups in total. The van der Waals surface area contributed by atoms with Crippen molar-refractivity contribution in [3.05, 3.63) is 53.6 Å². The van der Waals surface area contributed by atoms with Crippen LogP contribution < -0.4 is 20.1 Å². The Morgan fingerprint density at radius 2 is 1.84 bits per heavy atom. The van der Waals surface area contributed by atoms with E-state index in [4.69, 9.17) is 4.74 Å². The van der Waals surface area contributed by atoms with Gasteiger partial charge in [-0.05, 0) is 54.5 Å². The van der Waals surface area contributed by atoms with Crippen LogP contribution in [0.5, 0.6) is 5.75 Å². The molecule has 0 aromatic heterocycles. The molecule has 2 aromatic carbocycles. The monoisotopic (exact) mass is 445 g/mol. The van der Waals surface area contributed by atoms with Gasteiger partial charge in [0.2, 0.25) is 15.9 Å². The molecule has 0 heterocycles. The van der Waals surface area contributed by atoms with Gasteiger partial charge in [-0.2, -0.15) is 0 Å². The van der Waals surface area contributed by atoms with E-state index in [-0.39, 0.29) is 23.4 Å². The average Bonchev–Trinajstić information content (AvgIpc) is 3.55. The number of sulfonamides is 1. The van der Waals surface area contributed by atoms with E-state index in [1.807, 2.05) is 0 Å². The zero-order chi connectivity index (χ0) is 22.4.